The van der Waals surface area contributed by atoms with Crippen LogP contribution in [0, 0.1) is 6.92 Å². The molecule has 5 rings (SSSR count). The lowest BCUT2D eigenvalue weighted by Gasteiger charge is -2.15. The minimum Gasteiger partial charge on any atom is -0.489 e. The van der Waals surface area contributed by atoms with Crippen molar-refractivity contribution in [3.05, 3.63) is 101 Å². The van der Waals surface area contributed by atoms with Crippen LogP contribution in [0.4, 0.5) is 5.69 Å². The maximum Gasteiger partial charge on any atom is 0.255 e. The molecule has 5 heteroatoms. The number of pyridine rings is 1. The number of ether oxygens (including phenoxy) is 1. The molecule has 34 heavy (non-hydrogen) atoms. The standard InChI is InChI=1S/C29H29N3O2/c1-21-27(13-12-24-16-23(18-30-28(21)24)19-32-14-5-6-15-32)31-29(33)25-10-7-11-26(17-25)34-20-22-8-3-2-4-9-22/h2-4,7-13,16-18H,5-6,14-15,19-20H2,1H3,(H,31,33). The number of rotatable bonds is 7. The van der Waals surface area contributed by atoms with Gasteiger partial charge in [0.05, 0.1) is 5.52 Å². The van der Waals surface area contributed by atoms with E-state index < -0.39 is 0 Å². The Morgan fingerprint density at radius 1 is 0.971 bits per heavy atom. The van der Waals surface area contributed by atoms with Gasteiger partial charge in [-0.2, -0.15) is 0 Å². The van der Waals surface area contributed by atoms with Crippen molar-refractivity contribution >= 4 is 22.5 Å². The molecule has 5 nitrogen and oxygen atoms in total. The summed E-state index contributed by atoms with van der Waals surface area (Å²) in [5.41, 5.74) is 5.53. The van der Waals surface area contributed by atoms with Crippen molar-refractivity contribution in [3.8, 4) is 5.75 Å². The largest absolute Gasteiger partial charge is 0.489 e. The Labute approximate surface area is 200 Å². The van der Waals surface area contributed by atoms with Crippen molar-refractivity contribution in [2.75, 3.05) is 18.4 Å². The van der Waals surface area contributed by atoms with Crippen LogP contribution in [0.1, 0.15) is 39.9 Å². The second kappa shape index (κ2) is 10.1. The van der Waals surface area contributed by atoms with Crippen LogP contribution in [0.15, 0.2) is 79.0 Å². The molecule has 0 unspecified atom stereocenters. The van der Waals surface area contributed by atoms with Crippen LogP contribution in [0.5, 0.6) is 5.75 Å². The summed E-state index contributed by atoms with van der Waals surface area (Å²) in [5.74, 6) is 0.497. The van der Waals surface area contributed by atoms with Crippen LogP contribution in [0.25, 0.3) is 10.9 Å². The molecular weight excluding hydrogens is 422 g/mol. The highest BCUT2D eigenvalue weighted by Crippen LogP contribution is 2.26. The van der Waals surface area contributed by atoms with E-state index in [1.807, 2.05) is 67.7 Å². The minimum atomic E-state index is -0.168. The summed E-state index contributed by atoms with van der Waals surface area (Å²) >= 11 is 0. The third-order valence-corrected chi connectivity index (χ3v) is 6.36. The molecule has 0 spiro atoms. The number of benzene rings is 3. The van der Waals surface area contributed by atoms with Crippen molar-refractivity contribution in [2.24, 2.45) is 0 Å². The molecule has 1 amide bonds. The molecule has 3 aromatic carbocycles. The molecule has 0 radical (unpaired) electrons. The molecule has 0 atom stereocenters. The topological polar surface area (TPSA) is 54.5 Å². The fourth-order valence-corrected chi connectivity index (χ4v) is 4.48. The lowest BCUT2D eigenvalue weighted by atomic mass is 10.1. The summed E-state index contributed by atoms with van der Waals surface area (Å²) in [7, 11) is 0. The molecule has 0 aliphatic carbocycles. The zero-order valence-corrected chi connectivity index (χ0v) is 19.5. The van der Waals surface area contributed by atoms with E-state index in [-0.39, 0.29) is 5.91 Å². The maximum atomic E-state index is 13.0. The Morgan fingerprint density at radius 2 is 1.79 bits per heavy atom. The zero-order valence-electron chi connectivity index (χ0n) is 19.5. The monoisotopic (exact) mass is 451 g/mol. The second-order valence-corrected chi connectivity index (χ2v) is 8.89. The van der Waals surface area contributed by atoms with Gasteiger partial charge in [0.25, 0.3) is 5.91 Å². The fraction of sp³-hybridized carbons (Fsp3) is 0.241. The molecule has 2 heterocycles. The van der Waals surface area contributed by atoms with E-state index in [4.69, 9.17) is 9.72 Å². The van der Waals surface area contributed by atoms with Gasteiger partial charge in [-0.1, -0.05) is 42.5 Å². The van der Waals surface area contributed by atoms with Crippen molar-refractivity contribution < 1.29 is 9.53 Å². The number of hydrogen-bond acceptors (Lipinski definition) is 4. The molecular formula is C29H29N3O2. The van der Waals surface area contributed by atoms with Gasteiger partial charge >= 0.3 is 0 Å². The lowest BCUT2D eigenvalue weighted by molar-refractivity contribution is 0.102. The van der Waals surface area contributed by atoms with Gasteiger partial charge in [-0.05, 0) is 79.9 Å². The van der Waals surface area contributed by atoms with E-state index in [1.165, 1.54) is 31.5 Å². The quantitative estimate of drug-likeness (QED) is 0.376. The first-order valence-corrected chi connectivity index (χ1v) is 11.8. The molecule has 172 valence electrons. The van der Waals surface area contributed by atoms with Gasteiger partial charge in [0.15, 0.2) is 0 Å². The predicted octanol–water partition coefficient (Wildman–Crippen LogP) is 5.97. The summed E-state index contributed by atoms with van der Waals surface area (Å²) in [6, 6.07) is 23.5. The third-order valence-electron chi connectivity index (χ3n) is 6.36. The van der Waals surface area contributed by atoms with E-state index >= 15 is 0 Å². The van der Waals surface area contributed by atoms with E-state index in [0.717, 1.165) is 34.3 Å². The number of carbonyl (C=O) groups excluding carboxylic acids is 1. The second-order valence-electron chi connectivity index (χ2n) is 8.89. The zero-order chi connectivity index (χ0) is 23.3. The van der Waals surface area contributed by atoms with Crippen LogP contribution in [0.3, 0.4) is 0 Å². The Hall–Kier alpha value is -3.70. The minimum absolute atomic E-state index is 0.168. The Morgan fingerprint density at radius 3 is 2.62 bits per heavy atom. The molecule has 4 aromatic rings. The molecule has 1 fully saturated rings. The number of aryl methyl sites for hydroxylation is 1. The number of carbonyl (C=O) groups is 1. The van der Waals surface area contributed by atoms with Crippen molar-refractivity contribution in [1.82, 2.24) is 9.88 Å². The number of hydrogen-bond donors (Lipinski definition) is 1. The highest BCUT2D eigenvalue weighted by atomic mass is 16.5. The first-order chi connectivity index (χ1) is 16.7. The molecule has 1 saturated heterocycles. The lowest BCUT2D eigenvalue weighted by Crippen LogP contribution is -2.18. The van der Waals surface area contributed by atoms with E-state index in [1.54, 1.807) is 12.1 Å². The van der Waals surface area contributed by atoms with Gasteiger partial charge < -0.3 is 10.1 Å². The average molecular weight is 452 g/mol. The van der Waals surface area contributed by atoms with Crippen LogP contribution in [0.2, 0.25) is 0 Å². The number of nitrogens with zero attached hydrogens (tertiary/aromatic N) is 2. The first kappa shape index (κ1) is 22.1. The van der Waals surface area contributed by atoms with Crippen molar-refractivity contribution in [3.63, 3.8) is 0 Å². The van der Waals surface area contributed by atoms with Crippen LogP contribution >= 0.6 is 0 Å². The highest BCUT2D eigenvalue weighted by molar-refractivity contribution is 6.06. The smallest absolute Gasteiger partial charge is 0.255 e. The van der Waals surface area contributed by atoms with Crippen molar-refractivity contribution in [1.29, 1.82) is 0 Å². The third kappa shape index (κ3) is 5.10. The van der Waals surface area contributed by atoms with E-state index in [9.17, 15) is 4.79 Å². The Kier molecular flexibility index (Phi) is 6.54. The number of nitrogens with one attached hydrogen (secondary N) is 1. The number of aromatic nitrogens is 1. The van der Waals surface area contributed by atoms with E-state index in [0.29, 0.717) is 17.9 Å². The van der Waals surface area contributed by atoms with Gasteiger partial charge in [0.2, 0.25) is 0 Å². The number of fused-ring (bicyclic) bond motifs is 1. The molecule has 1 aliphatic rings. The Balaban J connectivity index is 1.28. The molecule has 1 N–H and O–H groups in total. The predicted molar refractivity (Wildman–Crippen MR) is 136 cm³/mol. The summed E-state index contributed by atoms with van der Waals surface area (Å²) in [6.45, 7) is 5.75. The van der Waals surface area contributed by atoms with Crippen LogP contribution in [-0.4, -0.2) is 28.9 Å². The van der Waals surface area contributed by atoms with Gasteiger partial charge in [0.1, 0.15) is 12.4 Å². The van der Waals surface area contributed by atoms with Crippen molar-refractivity contribution in [2.45, 2.75) is 32.9 Å². The SMILES string of the molecule is Cc1c(NC(=O)c2cccc(OCc3ccccc3)c2)ccc2cc(CN3CCCC3)cnc12. The first-order valence-electron chi connectivity index (χ1n) is 11.8. The number of amides is 1. The summed E-state index contributed by atoms with van der Waals surface area (Å²) < 4.78 is 5.88. The molecule has 0 saturated carbocycles. The molecule has 0 bridgehead atoms. The maximum absolute atomic E-state index is 13.0. The number of anilines is 1. The normalized spacial score (nSPS) is 13.8. The summed E-state index contributed by atoms with van der Waals surface area (Å²) in [6.07, 6.45) is 4.53. The van der Waals surface area contributed by atoms with Gasteiger partial charge in [-0.15, -0.1) is 0 Å². The molecule has 1 aliphatic heterocycles. The summed E-state index contributed by atoms with van der Waals surface area (Å²) in [5, 5.41) is 4.15. The molecule has 1 aromatic heterocycles. The van der Waals surface area contributed by atoms with Crippen LogP contribution < -0.4 is 10.1 Å². The average Bonchev–Trinajstić information content (AvgIpc) is 3.38. The Bertz CT molecular complexity index is 1300. The van der Waals surface area contributed by atoms with Gasteiger partial charge in [-0.3, -0.25) is 14.7 Å². The van der Waals surface area contributed by atoms with Crippen LogP contribution in [-0.2, 0) is 13.2 Å². The van der Waals surface area contributed by atoms with Gasteiger partial charge in [-0.25, -0.2) is 0 Å². The van der Waals surface area contributed by atoms with E-state index in [2.05, 4.69) is 16.3 Å². The van der Waals surface area contributed by atoms with Gasteiger partial charge in [0, 0.05) is 29.4 Å². The number of likely N-dealkylation sites (tertiary alicyclic amines) is 1. The highest BCUT2D eigenvalue weighted by Gasteiger charge is 2.14. The fourth-order valence-electron chi connectivity index (χ4n) is 4.48. The summed E-state index contributed by atoms with van der Waals surface area (Å²) in [4.78, 5) is 20.2.